The van der Waals surface area contributed by atoms with Gasteiger partial charge in [-0.15, -0.1) is 0 Å². The van der Waals surface area contributed by atoms with Crippen LogP contribution in [0.25, 0.3) is 0 Å². The third kappa shape index (κ3) is 3.23. The molecule has 22 heavy (non-hydrogen) atoms. The van der Waals surface area contributed by atoms with E-state index in [2.05, 4.69) is 19.1 Å². The summed E-state index contributed by atoms with van der Waals surface area (Å²) >= 11 is 0. The van der Waals surface area contributed by atoms with Crippen LogP contribution in [0.1, 0.15) is 67.8 Å². The molecule has 1 aromatic carbocycles. The molecule has 1 aromatic rings. The lowest BCUT2D eigenvalue weighted by atomic mass is 9.80. The van der Waals surface area contributed by atoms with Crippen molar-refractivity contribution in [1.82, 2.24) is 0 Å². The summed E-state index contributed by atoms with van der Waals surface area (Å²) in [4.78, 5) is 11.5. The minimum absolute atomic E-state index is 0.116. The van der Waals surface area contributed by atoms with Gasteiger partial charge in [-0.1, -0.05) is 19.1 Å². The predicted molar refractivity (Wildman–Crippen MR) is 85.0 cm³/mol. The summed E-state index contributed by atoms with van der Waals surface area (Å²) in [6, 6.07) is 3.11. The van der Waals surface area contributed by atoms with Gasteiger partial charge in [-0.05, 0) is 56.6 Å². The van der Waals surface area contributed by atoms with Gasteiger partial charge in [0.05, 0.1) is 12.2 Å². The van der Waals surface area contributed by atoms with Crippen LogP contribution < -0.4 is 4.74 Å². The van der Waals surface area contributed by atoms with Crippen molar-refractivity contribution in [3.63, 3.8) is 0 Å². The molecular weight excluding hydrogens is 279 g/mol. The first-order valence-corrected chi connectivity index (χ1v) is 8.11. The maximum atomic E-state index is 14.1. The zero-order chi connectivity index (χ0) is 15.7. The summed E-state index contributed by atoms with van der Waals surface area (Å²) in [6.07, 6.45) is 9.77. The summed E-state index contributed by atoms with van der Waals surface area (Å²) in [5, 5.41) is 0. The van der Waals surface area contributed by atoms with Crippen molar-refractivity contribution in [3.8, 4) is 5.75 Å². The van der Waals surface area contributed by atoms with Crippen LogP contribution in [0.5, 0.6) is 5.75 Å². The highest BCUT2D eigenvalue weighted by molar-refractivity contribution is 5.94. The number of allylic oxidation sites excluding steroid dienone is 2. The van der Waals surface area contributed by atoms with E-state index in [0.29, 0.717) is 18.3 Å². The van der Waals surface area contributed by atoms with E-state index in [9.17, 15) is 9.18 Å². The monoisotopic (exact) mass is 302 g/mol. The normalized spacial score (nSPS) is 24.3. The number of ketones is 1. The predicted octanol–water partition coefficient (Wildman–Crippen LogP) is 5.03. The first-order valence-electron chi connectivity index (χ1n) is 8.11. The van der Waals surface area contributed by atoms with Gasteiger partial charge in [0.25, 0.3) is 0 Å². The molecule has 0 N–H and O–H groups in total. The number of rotatable bonds is 5. The van der Waals surface area contributed by atoms with Gasteiger partial charge < -0.3 is 4.74 Å². The Kier molecular flexibility index (Phi) is 4.07. The van der Waals surface area contributed by atoms with Crippen molar-refractivity contribution < 1.29 is 13.9 Å². The van der Waals surface area contributed by atoms with E-state index in [1.807, 2.05) is 0 Å². The summed E-state index contributed by atoms with van der Waals surface area (Å²) < 4.78 is 20.1. The first-order chi connectivity index (χ1) is 10.5. The molecule has 2 nitrogen and oxygen atoms in total. The Morgan fingerprint density at radius 3 is 2.73 bits per heavy atom. The molecule has 0 aromatic heterocycles. The number of benzene rings is 1. The number of halogens is 1. The van der Waals surface area contributed by atoms with E-state index in [-0.39, 0.29) is 16.8 Å². The van der Waals surface area contributed by atoms with E-state index in [0.717, 1.165) is 37.7 Å². The van der Waals surface area contributed by atoms with Gasteiger partial charge in [0.2, 0.25) is 0 Å². The van der Waals surface area contributed by atoms with Crippen molar-refractivity contribution in [2.24, 2.45) is 5.41 Å². The van der Waals surface area contributed by atoms with Crippen molar-refractivity contribution in [3.05, 3.63) is 41.2 Å². The SMILES string of the molecule is CC(=O)c1cc(C2CC2)c(OCC2(C)CC=CCC2)cc1F. The summed E-state index contributed by atoms with van der Waals surface area (Å²) in [7, 11) is 0. The highest BCUT2D eigenvalue weighted by Gasteiger charge is 2.31. The molecule has 1 unspecified atom stereocenters. The molecule has 1 saturated carbocycles. The van der Waals surface area contributed by atoms with Gasteiger partial charge in [-0.25, -0.2) is 4.39 Å². The summed E-state index contributed by atoms with van der Waals surface area (Å²) in [5.41, 5.74) is 1.30. The van der Waals surface area contributed by atoms with Crippen molar-refractivity contribution in [2.75, 3.05) is 6.61 Å². The number of ether oxygens (including phenoxy) is 1. The molecule has 0 aliphatic heterocycles. The molecule has 0 saturated heterocycles. The number of hydrogen-bond donors (Lipinski definition) is 0. The lowest BCUT2D eigenvalue weighted by molar-refractivity contribution is 0.101. The van der Waals surface area contributed by atoms with Crippen LogP contribution in [0, 0.1) is 11.2 Å². The van der Waals surface area contributed by atoms with Gasteiger partial charge in [0.15, 0.2) is 5.78 Å². The molecular formula is C19H23FO2. The lowest BCUT2D eigenvalue weighted by Crippen LogP contribution is -2.26. The maximum Gasteiger partial charge on any atom is 0.162 e. The number of hydrogen-bond acceptors (Lipinski definition) is 2. The average molecular weight is 302 g/mol. The number of carbonyl (C=O) groups is 1. The average Bonchev–Trinajstić information content (AvgIpc) is 3.30. The van der Waals surface area contributed by atoms with E-state index in [1.54, 1.807) is 6.07 Å². The van der Waals surface area contributed by atoms with Crippen molar-refractivity contribution >= 4 is 5.78 Å². The van der Waals surface area contributed by atoms with E-state index >= 15 is 0 Å². The molecule has 118 valence electrons. The quantitative estimate of drug-likeness (QED) is 0.563. The third-order valence-corrected chi connectivity index (χ3v) is 4.76. The maximum absolute atomic E-state index is 14.1. The topological polar surface area (TPSA) is 26.3 Å². The van der Waals surface area contributed by atoms with Crippen LogP contribution in [0.3, 0.4) is 0 Å². The van der Waals surface area contributed by atoms with Crippen molar-refractivity contribution in [2.45, 2.75) is 51.9 Å². The van der Waals surface area contributed by atoms with Crippen LogP contribution in [0.2, 0.25) is 0 Å². The molecule has 0 spiro atoms. The summed E-state index contributed by atoms with van der Waals surface area (Å²) in [5.74, 6) is 0.351. The number of Topliss-reactive ketones (excluding diaryl/α,β-unsaturated/α-hetero) is 1. The fraction of sp³-hybridized carbons (Fsp3) is 0.526. The molecule has 0 amide bonds. The Bertz CT molecular complexity index is 616. The highest BCUT2D eigenvalue weighted by Crippen LogP contribution is 2.45. The zero-order valence-corrected chi connectivity index (χ0v) is 13.3. The Balaban J connectivity index is 1.82. The van der Waals surface area contributed by atoms with Crippen LogP contribution in [-0.2, 0) is 0 Å². The van der Waals surface area contributed by atoms with Gasteiger partial charge in [-0.3, -0.25) is 4.79 Å². The molecule has 1 fully saturated rings. The van der Waals surface area contributed by atoms with Crippen LogP contribution in [0.15, 0.2) is 24.3 Å². The van der Waals surface area contributed by atoms with E-state index in [4.69, 9.17) is 4.74 Å². The molecule has 3 heteroatoms. The molecule has 1 atom stereocenters. The standard InChI is InChI=1S/C19H23FO2/c1-13(21)15-10-16(14-6-7-14)18(11-17(15)20)22-12-19(2)8-4-3-5-9-19/h3-4,10-11,14H,5-9,12H2,1-2H3. The fourth-order valence-electron chi connectivity index (χ4n) is 3.08. The second-order valence-corrected chi connectivity index (χ2v) is 7.01. The Morgan fingerprint density at radius 1 is 1.36 bits per heavy atom. The molecule has 0 radical (unpaired) electrons. The minimum Gasteiger partial charge on any atom is -0.493 e. The highest BCUT2D eigenvalue weighted by atomic mass is 19.1. The lowest BCUT2D eigenvalue weighted by Gasteiger charge is -2.31. The number of carbonyl (C=O) groups excluding carboxylic acids is 1. The molecule has 3 rings (SSSR count). The van der Waals surface area contributed by atoms with E-state index in [1.165, 1.54) is 13.0 Å². The van der Waals surface area contributed by atoms with Gasteiger partial charge in [0, 0.05) is 11.5 Å². The van der Waals surface area contributed by atoms with Crippen LogP contribution in [0.4, 0.5) is 4.39 Å². The van der Waals surface area contributed by atoms with E-state index < -0.39 is 5.82 Å². The Labute approximate surface area is 131 Å². The zero-order valence-electron chi connectivity index (χ0n) is 13.3. The van der Waals surface area contributed by atoms with Crippen molar-refractivity contribution in [1.29, 1.82) is 0 Å². The largest absolute Gasteiger partial charge is 0.493 e. The van der Waals surface area contributed by atoms with Gasteiger partial charge in [0.1, 0.15) is 11.6 Å². The van der Waals surface area contributed by atoms with Crippen LogP contribution in [-0.4, -0.2) is 12.4 Å². The summed E-state index contributed by atoms with van der Waals surface area (Å²) in [6.45, 7) is 4.22. The third-order valence-electron chi connectivity index (χ3n) is 4.76. The Morgan fingerprint density at radius 2 is 2.14 bits per heavy atom. The first kappa shape index (κ1) is 15.3. The second-order valence-electron chi connectivity index (χ2n) is 7.01. The second kappa shape index (κ2) is 5.86. The fourth-order valence-corrected chi connectivity index (χ4v) is 3.08. The molecule has 2 aliphatic rings. The Hall–Kier alpha value is -1.64. The molecule has 0 bridgehead atoms. The molecule has 0 heterocycles. The van der Waals surface area contributed by atoms with Crippen LogP contribution >= 0.6 is 0 Å². The minimum atomic E-state index is -0.472. The smallest absolute Gasteiger partial charge is 0.162 e. The van der Waals surface area contributed by atoms with Gasteiger partial charge in [-0.2, -0.15) is 0 Å². The van der Waals surface area contributed by atoms with Gasteiger partial charge >= 0.3 is 0 Å². The molecule has 2 aliphatic carbocycles.